The molecule has 0 aromatic heterocycles. The van der Waals surface area contributed by atoms with E-state index in [-0.39, 0.29) is 5.91 Å². The van der Waals surface area contributed by atoms with Crippen LogP contribution in [0.3, 0.4) is 0 Å². The monoisotopic (exact) mass is 202 g/mol. The number of nitrogens with one attached hydrogen (secondary N) is 1. The van der Waals surface area contributed by atoms with Gasteiger partial charge in [-0.05, 0) is 37.7 Å². The molecule has 1 fully saturated rings. The molecule has 0 aromatic rings. The third kappa shape index (κ3) is 3.56. The quantitative estimate of drug-likeness (QED) is 0.704. The molecule has 1 aliphatic rings. The average molecular weight is 202 g/mol. The minimum Gasteiger partial charge on any atom is -0.354 e. The number of carbonyl (C=O) groups is 1. The summed E-state index contributed by atoms with van der Waals surface area (Å²) in [6.45, 7) is 4.24. The van der Waals surface area contributed by atoms with E-state index in [0.717, 1.165) is 6.54 Å². The number of hydrogen-bond acceptors (Lipinski definition) is 3. The fourth-order valence-corrected chi connectivity index (χ4v) is 2.49. The molecule has 0 bridgehead atoms. The van der Waals surface area contributed by atoms with E-state index in [0.29, 0.717) is 5.92 Å². The van der Waals surface area contributed by atoms with E-state index in [4.69, 9.17) is 5.73 Å². The summed E-state index contributed by atoms with van der Waals surface area (Å²) < 4.78 is 0. The zero-order valence-corrected chi connectivity index (χ0v) is 9.12. The molecule has 1 aliphatic heterocycles. The highest BCUT2D eigenvalue weighted by molar-refractivity contribution is 7.99. The zero-order valence-electron chi connectivity index (χ0n) is 8.30. The lowest BCUT2D eigenvalue weighted by Crippen LogP contribution is -2.50. The maximum Gasteiger partial charge on any atom is 0.239 e. The van der Waals surface area contributed by atoms with Crippen molar-refractivity contribution < 1.29 is 4.79 Å². The lowest BCUT2D eigenvalue weighted by molar-refractivity contribution is -0.125. The van der Waals surface area contributed by atoms with Crippen molar-refractivity contribution in [2.24, 2.45) is 11.7 Å². The second kappa shape index (κ2) is 4.33. The van der Waals surface area contributed by atoms with Crippen LogP contribution in [0.15, 0.2) is 0 Å². The van der Waals surface area contributed by atoms with Crippen LogP contribution in [0.2, 0.25) is 0 Å². The van der Waals surface area contributed by atoms with E-state index in [2.05, 4.69) is 5.32 Å². The van der Waals surface area contributed by atoms with Crippen LogP contribution >= 0.6 is 11.8 Å². The Morgan fingerprint density at radius 2 is 2.38 bits per heavy atom. The molecule has 13 heavy (non-hydrogen) atoms. The van der Waals surface area contributed by atoms with Gasteiger partial charge in [-0.25, -0.2) is 0 Å². The molecule has 0 spiro atoms. The Labute approximate surface area is 83.8 Å². The first-order chi connectivity index (χ1) is 6.00. The van der Waals surface area contributed by atoms with Crippen molar-refractivity contribution in [1.29, 1.82) is 0 Å². The largest absolute Gasteiger partial charge is 0.354 e. The van der Waals surface area contributed by atoms with Crippen LogP contribution in [0, 0.1) is 5.92 Å². The van der Waals surface area contributed by atoms with E-state index in [9.17, 15) is 4.79 Å². The van der Waals surface area contributed by atoms with Crippen LogP contribution in [-0.4, -0.2) is 29.5 Å². The number of amides is 1. The fourth-order valence-electron chi connectivity index (χ4n) is 1.21. The van der Waals surface area contributed by atoms with Gasteiger partial charge in [-0.3, -0.25) is 4.79 Å². The van der Waals surface area contributed by atoms with Crippen LogP contribution in [0.25, 0.3) is 0 Å². The first-order valence-corrected chi connectivity index (χ1v) is 5.80. The standard InChI is InChI=1S/C9H18N2OS/c1-9(2,10)8(12)11-5-7-3-4-13-6-7/h7H,3-6,10H2,1-2H3,(H,11,12). The van der Waals surface area contributed by atoms with Crippen LogP contribution in [-0.2, 0) is 4.79 Å². The Bertz CT molecular complexity index is 183. The molecule has 76 valence electrons. The summed E-state index contributed by atoms with van der Waals surface area (Å²) in [6, 6.07) is 0. The molecule has 1 atom stereocenters. The van der Waals surface area contributed by atoms with Gasteiger partial charge in [0.1, 0.15) is 0 Å². The molecule has 1 unspecified atom stereocenters. The lowest BCUT2D eigenvalue weighted by Gasteiger charge is -2.19. The smallest absolute Gasteiger partial charge is 0.239 e. The molecule has 3 nitrogen and oxygen atoms in total. The molecule has 1 heterocycles. The predicted molar refractivity (Wildman–Crippen MR) is 56.7 cm³/mol. The van der Waals surface area contributed by atoms with E-state index in [1.807, 2.05) is 11.8 Å². The van der Waals surface area contributed by atoms with Crippen molar-refractivity contribution in [3.05, 3.63) is 0 Å². The summed E-state index contributed by atoms with van der Waals surface area (Å²) in [5.41, 5.74) is 4.90. The number of nitrogens with two attached hydrogens (primary N) is 1. The summed E-state index contributed by atoms with van der Waals surface area (Å²) in [6.07, 6.45) is 1.22. The minimum atomic E-state index is -0.744. The zero-order chi connectivity index (χ0) is 9.90. The van der Waals surface area contributed by atoms with E-state index in [1.54, 1.807) is 13.8 Å². The molecular formula is C9H18N2OS. The SMILES string of the molecule is CC(C)(N)C(=O)NCC1CCSC1. The number of thioether (sulfide) groups is 1. The molecular weight excluding hydrogens is 184 g/mol. The third-order valence-electron chi connectivity index (χ3n) is 2.16. The van der Waals surface area contributed by atoms with Crippen molar-refractivity contribution in [2.45, 2.75) is 25.8 Å². The van der Waals surface area contributed by atoms with Gasteiger partial charge in [0.05, 0.1) is 5.54 Å². The van der Waals surface area contributed by atoms with Crippen LogP contribution in [0.5, 0.6) is 0 Å². The number of rotatable bonds is 3. The average Bonchev–Trinajstić information content (AvgIpc) is 2.50. The van der Waals surface area contributed by atoms with Crippen LogP contribution in [0.4, 0.5) is 0 Å². The number of carbonyl (C=O) groups excluding carboxylic acids is 1. The lowest BCUT2D eigenvalue weighted by atomic mass is 10.1. The maximum atomic E-state index is 11.4. The van der Waals surface area contributed by atoms with Gasteiger partial charge in [-0.15, -0.1) is 0 Å². The second-order valence-corrected chi connectivity index (χ2v) is 5.31. The van der Waals surface area contributed by atoms with Gasteiger partial charge >= 0.3 is 0 Å². The molecule has 3 N–H and O–H groups in total. The maximum absolute atomic E-state index is 11.4. The summed E-state index contributed by atoms with van der Waals surface area (Å²) >= 11 is 1.96. The topological polar surface area (TPSA) is 55.1 Å². The van der Waals surface area contributed by atoms with Crippen LogP contribution < -0.4 is 11.1 Å². The Balaban J connectivity index is 2.22. The predicted octanol–water partition coefficient (Wildman–Crippen LogP) is 0.593. The molecule has 1 amide bonds. The third-order valence-corrected chi connectivity index (χ3v) is 3.39. The Kier molecular flexibility index (Phi) is 3.62. The molecule has 4 heteroatoms. The normalized spacial score (nSPS) is 23.2. The Hall–Kier alpha value is -0.220. The van der Waals surface area contributed by atoms with Crippen molar-refractivity contribution in [1.82, 2.24) is 5.32 Å². The minimum absolute atomic E-state index is 0.0515. The summed E-state index contributed by atoms with van der Waals surface area (Å²) in [4.78, 5) is 11.4. The summed E-state index contributed by atoms with van der Waals surface area (Å²) in [5, 5.41) is 2.89. The van der Waals surface area contributed by atoms with Gasteiger partial charge in [-0.1, -0.05) is 0 Å². The molecule has 0 aliphatic carbocycles. The van der Waals surface area contributed by atoms with Gasteiger partial charge in [0.25, 0.3) is 0 Å². The highest BCUT2D eigenvalue weighted by Crippen LogP contribution is 2.22. The van der Waals surface area contributed by atoms with E-state index in [1.165, 1.54) is 17.9 Å². The highest BCUT2D eigenvalue weighted by Gasteiger charge is 2.23. The van der Waals surface area contributed by atoms with Crippen molar-refractivity contribution in [2.75, 3.05) is 18.1 Å². The second-order valence-electron chi connectivity index (χ2n) is 4.16. The summed E-state index contributed by atoms with van der Waals surface area (Å²) in [5.74, 6) is 3.00. The molecule has 0 aromatic carbocycles. The van der Waals surface area contributed by atoms with E-state index >= 15 is 0 Å². The van der Waals surface area contributed by atoms with Gasteiger partial charge in [-0.2, -0.15) is 11.8 Å². The molecule has 1 saturated heterocycles. The molecule has 0 radical (unpaired) electrons. The number of hydrogen-bond donors (Lipinski definition) is 2. The van der Waals surface area contributed by atoms with E-state index < -0.39 is 5.54 Å². The Morgan fingerprint density at radius 3 is 2.85 bits per heavy atom. The van der Waals surface area contributed by atoms with Crippen molar-refractivity contribution >= 4 is 17.7 Å². The van der Waals surface area contributed by atoms with Crippen molar-refractivity contribution in [3.63, 3.8) is 0 Å². The van der Waals surface area contributed by atoms with Gasteiger partial charge in [0.15, 0.2) is 0 Å². The fraction of sp³-hybridized carbons (Fsp3) is 0.889. The van der Waals surface area contributed by atoms with Gasteiger partial charge in [0, 0.05) is 6.54 Å². The molecule has 1 rings (SSSR count). The van der Waals surface area contributed by atoms with Gasteiger partial charge in [0.2, 0.25) is 5.91 Å². The Morgan fingerprint density at radius 1 is 1.69 bits per heavy atom. The van der Waals surface area contributed by atoms with Crippen LogP contribution in [0.1, 0.15) is 20.3 Å². The van der Waals surface area contributed by atoms with Gasteiger partial charge < -0.3 is 11.1 Å². The first-order valence-electron chi connectivity index (χ1n) is 4.65. The summed E-state index contributed by atoms with van der Waals surface area (Å²) in [7, 11) is 0. The molecule has 0 saturated carbocycles. The highest BCUT2D eigenvalue weighted by atomic mass is 32.2. The first kappa shape index (κ1) is 10.9. The van der Waals surface area contributed by atoms with Crippen molar-refractivity contribution in [3.8, 4) is 0 Å².